The summed E-state index contributed by atoms with van der Waals surface area (Å²) in [6.45, 7) is 4.80. The third-order valence-electron chi connectivity index (χ3n) is 5.17. The van der Waals surface area contributed by atoms with Gasteiger partial charge in [0.15, 0.2) is 0 Å². The van der Waals surface area contributed by atoms with E-state index in [2.05, 4.69) is 10.3 Å². The van der Waals surface area contributed by atoms with E-state index in [1.54, 1.807) is 18.0 Å². The molecule has 166 valence electrons. The third-order valence-corrected chi connectivity index (χ3v) is 6.11. The van der Waals surface area contributed by atoms with Crippen LogP contribution in [0.1, 0.15) is 24.0 Å². The lowest BCUT2D eigenvalue weighted by molar-refractivity contribution is -0.132. The van der Waals surface area contributed by atoms with E-state index in [1.807, 2.05) is 37.3 Å². The Kier molecular flexibility index (Phi) is 8.22. The first kappa shape index (κ1) is 23.0. The second-order valence-electron chi connectivity index (χ2n) is 7.37. The van der Waals surface area contributed by atoms with Crippen molar-refractivity contribution >= 4 is 27.5 Å². The summed E-state index contributed by atoms with van der Waals surface area (Å²) in [5.74, 6) is -0.656. The molecule has 3 N–H and O–H groups in total. The van der Waals surface area contributed by atoms with Crippen molar-refractivity contribution in [3.8, 4) is 5.75 Å². The first-order chi connectivity index (χ1) is 15.0. The van der Waals surface area contributed by atoms with Gasteiger partial charge in [-0.1, -0.05) is 54.7 Å². The zero-order valence-electron chi connectivity index (χ0n) is 17.9. The van der Waals surface area contributed by atoms with Gasteiger partial charge in [-0.25, -0.2) is 0 Å². The zero-order chi connectivity index (χ0) is 22.2. The van der Waals surface area contributed by atoms with Crippen molar-refractivity contribution in [1.82, 2.24) is 15.2 Å². The predicted molar refractivity (Wildman–Crippen MR) is 124 cm³/mol. The van der Waals surface area contributed by atoms with Crippen molar-refractivity contribution in [3.63, 3.8) is 0 Å². The molecule has 0 spiro atoms. The molecule has 1 unspecified atom stereocenters. The van der Waals surface area contributed by atoms with Crippen molar-refractivity contribution in [2.24, 2.45) is 0 Å². The number of carbonyl (C=O) groups is 1. The van der Waals surface area contributed by atoms with E-state index in [9.17, 15) is 14.7 Å². The molecule has 0 saturated heterocycles. The van der Waals surface area contributed by atoms with Crippen molar-refractivity contribution in [2.45, 2.75) is 19.3 Å². The molecular formula is C23H29N3O4S. The number of hydrogen-bond acceptors (Lipinski definition) is 6. The van der Waals surface area contributed by atoms with Gasteiger partial charge in [0.25, 0.3) is 0 Å². The number of aromatic nitrogens is 1. The standard InChI is InChI=1S/C23H29N3O4S/c1-3-24-12-13-26(2)22(28)18(15-30-14-11-16-7-5-4-6-8-16)17-9-10-19(27)20-21(17)31-23(29)25-20/h4-10,18,24,27H,3,11-15H2,1-2H3,(H,25,29). The lowest BCUT2D eigenvalue weighted by Crippen LogP contribution is -2.38. The molecule has 0 radical (unpaired) electrons. The molecule has 3 aromatic rings. The SMILES string of the molecule is CCNCCN(C)C(=O)C(COCCc1ccccc1)c1ccc(O)c2[nH]c(=O)sc12. The average Bonchev–Trinajstić information content (AvgIpc) is 3.17. The number of carbonyl (C=O) groups excluding carboxylic acids is 1. The van der Waals surface area contributed by atoms with E-state index in [0.29, 0.717) is 35.5 Å². The fourth-order valence-corrected chi connectivity index (χ4v) is 4.37. The van der Waals surface area contributed by atoms with E-state index in [0.717, 1.165) is 24.3 Å². The quantitative estimate of drug-likeness (QED) is 0.396. The van der Waals surface area contributed by atoms with Gasteiger partial charge in [-0.15, -0.1) is 0 Å². The average molecular weight is 444 g/mol. The van der Waals surface area contributed by atoms with Gasteiger partial charge in [0.1, 0.15) is 11.3 Å². The summed E-state index contributed by atoms with van der Waals surface area (Å²) in [5, 5.41) is 13.3. The van der Waals surface area contributed by atoms with Crippen LogP contribution < -0.4 is 10.2 Å². The van der Waals surface area contributed by atoms with Crippen LogP contribution in [0, 0.1) is 0 Å². The van der Waals surface area contributed by atoms with Gasteiger partial charge in [-0.3, -0.25) is 9.59 Å². The Morgan fingerprint density at radius 2 is 2.03 bits per heavy atom. The highest BCUT2D eigenvalue weighted by atomic mass is 32.1. The molecule has 2 aromatic carbocycles. The van der Waals surface area contributed by atoms with Crippen LogP contribution in [0.15, 0.2) is 47.3 Å². The van der Waals surface area contributed by atoms with Gasteiger partial charge in [0.2, 0.25) is 5.91 Å². The van der Waals surface area contributed by atoms with E-state index in [1.165, 1.54) is 11.6 Å². The normalized spacial score (nSPS) is 12.2. The molecule has 0 aliphatic heterocycles. The summed E-state index contributed by atoms with van der Waals surface area (Å²) in [6, 6.07) is 13.3. The molecule has 1 amide bonds. The van der Waals surface area contributed by atoms with Crippen LogP contribution in [0.4, 0.5) is 0 Å². The Balaban J connectivity index is 1.79. The fraction of sp³-hybridized carbons (Fsp3) is 0.391. The molecular weight excluding hydrogens is 414 g/mol. The number of rotatable bonds is 11. The van der Waals surface area contributed by atoms with Gasteiger partial charge < -0.3 is 25.0 Å². The van der Waals surface area contributed by atoms with E-state index in [4.69, 9.17) is 4.74 Å². The number of amides is 1. The molecule has 0 bridgehead atoms. The third kappa shape index (κ3) is 5.94. The Morgan fingerprint density at radius 1 is 1.26 bits per heavy atom. The van der Waals surface area contributed by atoms with E-state index in [-0.39, 0.29) is 23.1 Å². The lowest BCUT2D eigenvalue weighted by Gasteiger charge is -2.25. The first-order valence-electron chi connectivity index (χ1n) is 10.4. The Hall–Kier alpha value is -2.68. The number of likely N-dealkylation sites (N-methyl/N-ethyl adjacent to an activating group) is 2. The molecule has 7 nitrogen and oxygen atoms in total. The minimum atomic E-state index is -0.572. The van der Waals surface area contributed by atoms with Crippen molar-refractivity contribution < 1.29 is 14.6 Å². The van der Waals surface area contributed by atoms with Crippen LogP contribution in [0.3, 0.4) is 0 Å². The van der Waals surface area contributed by atoms with Crippen LogP contribution >= 0.6 is 11.3 Å². The van der Waals surface area contributed by atoms with E-state index < -0.39 is 5.92 Å². The summed E-state index contributed by atoms with van der Waals surface area (Å²) in [5.41, 5.74) is 2.23. The van der Waals surface area contributed by atoms with Crippen LogP contribution in [0.2, 0.25) is 0 Å². The van der Waals surface area contributed by atoms with Crippen LogP contribution in [0.5, 0.6) is 5.75 Å². The highest BCUT2D eigenvalue weighted by molar-refractivity contribution is 7.16. The molecule has 3 rings (SSSR count). The number of H-pyrrole nitrogens is 1. The molecule has 1 heterocycles. The summed E-state index contributed by atoms with van der Waals surface area (Å²) in [7, 11) is 1.77. The van der Waals surface area contributed by atoms with Crippen molar-refractivity contribution in [3.05, 3.63) is 63.3 Å². The molecule has 31 heavy (non-hydrogen) atoms. The molecule has 0 saturated carbocycles. The number of nitrogens with one attached hydrogen (secondary N) is 2. The minimum absolute atomic E-state index is 0.00575. The highest BCUT2D eigenvalue weighted by Gasteiger charge is 2.27. The number of benzene rings is 2. The minimum Gasteiger partial charge on any atom is -0.506 e. The van der Waals surface area contributed by atoms with Crippen LogP contribution in [-0.2, 0) is 16.0 Å². The van der Waals surface area contributed by atoms with Crippen LogP contribution in [-0.4, -0.2) is 60.8 Å². The maximum Gasteiger partial charge on any atom is 0.305 e. The topological polar surface area (TPSA) is 94.7 Å². The lowest BCUT2D eigenvalue weighted by atomic mass is 9.97. The number of phenolic OH excluding ortho intramolecular Hbond substituents is 1. The van der Waals surface area contributed by atoms with Gasteiger partial charge in [0, 0.05) is 20.1 Å². The number of ether oxygens (including phenoxy) is 1. The van der Waals surface area contributed by atoms with Gasteiger partial charge >= 0.3 is 4.87 Å². The zero-order valence-corrected chi connectivity index (χ0v) is 18.7. The number of phenols is 1. The largest absolute Gasteiger partial charge is 0.506 e. The molecule has 1 aromatic heterocycles. The first-order valence-corrected chi connectivity index (χ1v) is 11.2. The monoisotopic (exact) mass is 443 g/mol. The summed E-state index contributed by atoms with van der Waals surface area (Å²) < 4.78 is 6.52. The number of fused-ring (bicyclic) bond motifs is 1. The van der Waals surface area contributed by atoms with Crippen molar-refractivity contribution in [1.29, 1.82) is 0 Å². The van der Waals surface area contributed by atoms with Gasteiger partial charge in [0.05, 0.1) is 23.8 Å². The number of aromatic amines is 1. The number of nitrogens with zero attached hydrogens (tertiary/aromatic N) is 1. The Labute approximate surface area is 185 Å². The van der Waals surface area contributed by atoms with Crippen LogP contribution in [0.25, 0.3) is 10.2 Å². The highest BCUT2D eigenvalue weighted by Crippen LogP contribution is 2.33. The van der Waals surface area contributed by atoms with Gasteiger partial charge in [-0.05, 0) is 30.2 Å². The summed E-state index contributed by atoms with van der Waals surface area (Å²) in [6.07, 6.45) is 0.750. The smallest absolute Gasteiger partial charge is 0.305 e. The predicted octanol–water partition coefficient (Wildman–Crippen LogP) is 2.71. The summed E-state index contributed by atoms with van der Waals surface area (Å²) >= 11 is 0.998. The molecule has 1 atom stereocenters. The number of aromatic hydroxyl groups is 1. The fourth-order valence-electron chi connectivity index (χ4n) is 3.44. The van der Waals surface area contributed by atoms with Gasteiger partial charge in [-0.2, -0.15) is 0 Å². The Morgan fingerprint density at radius 3 is 2.77 bits per heavy atom. The molecule has 0 aliphatic rings. The Bertz CT molecular complexity index is 1050. The molecule has 0 aliphatic carbocycles. The van der Waals surface area contributed by atoms with Crippen molar-refractivity contribution in [2.75, 3.05) is 39.9 Å². The molecule has 8 heteroatoms. The second kappa shape index (κ2) is 11.1. The molecule has 0 fully saturated rings. The summed E-state index contributed by atoms with van der Waals surface area (Å²) in [4.78, 5) is 29.3. The second-order valence-corrected chi connectivity index (χ2v) is 8.35. The maximum atomic E-state index is 13.3. The maximum absolute atomic E-state index is 13.3. The van der Waals surface area contributed by atoms with E-state index >= 15 is 0 Å². The number of thiazole rings is 1. The number of hydrogen-bond donors (Lipinski definition) is 3.